The fourth-order valence-corrected chi connectivity index (χ4v) is 2.75. The number of ether oxygens (including phenoxy) is 2. The van der Waals surface area contributed by atoms with Gasteiger partial charge in [0.05, 0.1) is 17.1 Å². The van der Waals surface area contributed by atoms with E-state index in [9.17, 15) is 15.2 Å². The summed E-state index contributed by atoms with van der Waals surface area (Å²) in [7, 11) is 0. The molecule has 1 saturated heterocycles. The maximum atomic E-state index is 11.1. The van der Waals surface area contributed by atoms with Crippen LogP contribution in [0.5, 0.6) is 5.75 Å². The normalized spacial score (nSPS) is 23.0. The second-order valence-corrected chi connectivity index (χ2v) is 6.49. The van der Waals surface area contributed by atoms with E-state index in [-0.39, 0.29) is 29.7 Å². The minimum Gasteiger partial charge on any atom is -0.480 e. The van der Waals surface area contributed by atoms with Gasteiger partial charge in [-0.25, -0.2) is 0 Å². The van der Waals surface area contributed by atoms with E-state index in [2.05, 4.69) is 0 Å². The van der Waals surface area contributed by atoms with Crippen LogP contribution >= 0.6 is 0 Å². The molecular weight excluding hydrogens is 274 g/mol. The van der Waals surface area contributed by atoms with Crippen molar-refractivity contribution in [1.82, 2.24) is 0 Å². The topological polar surface area (TPSA) is 81.8 Å². The smallest absolute Gasteiger partial charge is 0.310 e. The Morgan fingerprint density at radius 3 is 2.57 bits per heavy atom. The minimum absolute atomic E-state index is 0.104. The number of hydrogen-bond acceptors (Lipinski definition) is 5. The number of benzene rings is 1. The average molecular weight is 295 g/mol. The van der Waals surface area contributed by atoms with Gasteiger partial charge in [0.1, 0.15) is 11.7 Å². The van der Waals surface area contributed by atoms with Crippen LogP contribution in [-0.4, -0.2) is 27.3 Å². The minimum atomic E-state index is -0.535. The van der Waals surface area contributed by atoms with Gasteiger partial charge in [-0.1, -0.05) is 0 Å². The van der Waals surface area contributed by atoms with E-state index < -0.39 is 10.5 Å². The van der Waals surface area contributed by atoms with Crippen LogP contribution in [0.25, 0.3) is 0 Å². The molecular formula is C15H21NO5. The van der Waals surface area contributed by atoms with Crippen molar-refractivity contribution in [3.63, 3.8) is 0 Å². The zero-order chi connectivity index (χ0) is 15.8. The van der Waals surface area contributed by atoms with Crippen molar-refractivity contribution in [1.29, 1.82) is 0 Å². The Labute approximate surface area is 123 Å². The van der Waals surface area contributed by atoms with Gasteiger partial charge in [-0.05, 0) is 45.4 Å². The molecule has 1 N–H and O–H groups in total. The Morgan fingerprint density at radius 2 is 2.10 bits per heavy atom. The van der Waals surface area contributed by atoms with Crippen LogP contribution in [-0.2, 0) is 11.3 Å². The summed E-state index contributed by atoms with van der Waals surface area (Å²) in [6.07, 6.45) is 0.348. The first kappa shape index (κ1) is 15.7. The monoisotopic (exact) mass is 295 g/mol. The van der Waals surface area contributed by atoms with E-state index in [1.807, 2.05) is 27.7 Å². The summed E-state index contributed by atoms with van der Waals surface area (Å²) in [5.41, 5.74) is -0.399. The number of nitro groups is 1. The quantitative estimate of drug-likeness (QED) is 0.682. The molecule has 21 heavy (non-hydrogen) atoms. The Morgan fingerprint density at radius 1 is 1.43 bits per heavy atom. The third kappa shape index (κ3) is 3.33. The number of nitrogens with zero attached hydrogens (tertiary/aromatic N) is 1. The second-order valence-electron chi connectivity index (χ2n) is 6.49. The standard InChI is InChI=1S/C15H21NO5/c1-14(2)8-13(15(3,4)21-14)20-12-7-10(9-17)5-6-11(12)16(18)19/h5-7,13,17H,8-9H2,1-4H3. The number of aliphatic hydroxyl groups is 1. The Hall–Kier alpha value is -1.66. The zero-order valence-electron chi connectivity index (χ0n) is 12.8. The van der Waals surface area contributed by atoms with Crippen LogP contribution in [0.4, 0.5) is 5.69 Å². The van der Waals surface area contributed by atoms with Crippen molar-refractivity contribution < 1.29 is 19.5 Å². The molecule has 0 saturated carbocycles. The SMILES string of the molecule is CC1(C)CC(Oc2cc(CO)ccc2[N+](=O)[O-])C(C)(C)O1. The molecule has 1 atom stereocenters. The molecule has 0 spiro atoms. The van der Waals surface area contributed by atoms with Crippen LogP contribution in [0.3, 0.4) is 0 Å². The lowest BCUT2D eigenvalue weighted by Crippen LogP contribution is -2.36. The average Bonchev–Trinajstić information content (AvgIpc) is 2.56. The summed E-state index contributed by atoms with van der Waals surface area (Å²) in [5.74, 6) is 0.172. The molecule has 1 aromatic carbocycles. The largest absolute Gasteiger partial charge is 0.480 e. The fraction of sp³-hybridized carbons (Fsp3) is 0.600. The third-order valence-electron chi connectivity index (χ3n) is 3.66. The lowest BCUT2D eigenvalue weighted by Gasteiger charge is -2.27. The maximum Gasteiger partial charge on any atom is 0.310 e. The van der Waals surface area contributed by atoms with Gasteiger partial charge >= 0.3 is 5.69 Å². The fourth-order valence-electron chi connectivity index (χ4n) is 2.75. The molecule has 0 amide bonds. The summed E-state index contributed by atoms with van der Waals surface area (Å²) in [4.78, 5) is 10.6. The number of rotatable bonds is 4. The Kier molecular flexibility index (Phi) is 3.95. The first-order valence-corrected chi connectivity index (χ1v) is 6.90. The molecule has 1 heterocycles. The van der Waals surface area contributed by atoms with Gasteiger partial charge in [-0.2, -0.15) is 0 Å². The van der Waals surface area contributed by atoms with E-state index >= 15 is 0 Å². The van der Waals surface area contributed by atoms with Crippen molar-refractivity contribution in [2.45, 2.75) is 58.0 Å². The van der Waals surface area contributed by atoms with Gasteiger partial charge in [0.2, 0.25) is 0 Å². The molecule has 0 radical (unpaired) electrons. The third-order valence-corrected chi connectivity index (χ3v) is 3.66. The van der Waals surface area contributed by atoms with Crippen LogP contribution in [0.1, 0.15) is 39.7 Å². The Balaban J connectivity index is 2.32. The first-order valence-electron chi connectivity index (χ1n) is 6.90. The molecule has 2 rings (SSSR count). The van der Waals surface area contributed by atoms with Gasteiger partial charge in [0.25, 0.3) is 0 Å². The second kappa shape index (κ2) is 5.27. The van der Waals surface area contributed by atoms with E-state index in [0.29, 0.717) is 12.0 Å². The summed E-state index contributed by atoms with van der Waals surface area (Å²) < 4.78 is 11.8. The lowest BCUT2D eigenvalue weighted by molar-refractivity contribution is -0.386. The summed E-state index contributed by atoms with van der Waals surface area (Å²) >= 11 is 0. The molecule has 0 aromatic heterocycles. The van der Waals surface area contributed by atoms with Crippen LogP contribution < -0.4 is 4.74 Å². The number of nitro benzene ring substituents is 1. The van der Waals surface area contributed by atoms with Gasteiger partial charge in [0, 0.05) is 12.5 Å². The Bertz CT molecular complexity index is 553. The lowest BCUT2D eigenvalue weighted by atomic mass is 9.97. The molecule has 1 unspecified atom stereocenters. The van der Waals surface area contributed by atoms with Crippen molar-refractivity contribution in [2.24, 2.45) is 0 Å². The van der Waals surface area contributed by atoms with Crippen LogP contribution in [0.2, 0.25) is 0 Å². The molecule has 1 aliphatic rings. The highest BCUT2D eigenvalue weighted by Crippen LogP contribution is 2.41. The number of aliphatic hydroxyl groups excluding tert-OH is 1. The predicted molar refractivity (Wildman–Crippen MR) is 77.3 cm³/mol. The number of hydrogen-bond donors (Lipinski definition) is 1. The van der Waals surface area contributed by atoms with Gasteiger partial charge in [-0.15, -0.1) is 0 Å². The maximum absolute atomic E-state index is 11.1. The summed E-state index contributed by atoms with van der Waals surface area (Å²) in [6.45, 7) is 7.57. The highest BCUT2D eigenvalue weighted by molar-refractivity contribution is 5.48. The van der Waals surface area contributed by atoms with Crippen molar-refractivity contribution >= 4 is 5.69 Å². The highest BCUT2D eigenvalue weighted by atomic mass is 16.6. The highest BCUT2D eigenvalue weighted by Gasteiger charge is 2.48. The van der Waals surface area contributed by atoms with Gasteiger partial charge in [-0.3, -0.25) is 10.1 Å². The molecule has 116 valence electrons. The first-order chi connectivity index (χ1) is 9.64. The van der Waals surface area contributed by atoms with E-state index in [0.717, 1.165) is 0 Å². The molecule has 0 bridgehead atoms. The predicted octanol–water partition coefficient (Wildman–Crippen LogP) is 2.81. The molecule has 1 aliphatic heterocycles. The van der Waals surface area contributed by atoms with Crippen LogP contribution in [0, 0.1) is 10.1 Å². The van der Waals surface area contributed by atoms with Gasteiger partial charge < -0.3 is 14.6 Å². The summed E-state index contributed by atoms with van der Waals surface area (Å²) in [6, 6.07) is 4.39. The van der Waals surface area contributed by atoms with Crippen molar-refractivity contribution in [2.75, 3.05) is 0 Å². The van der Waals surface area contributed by atoms with Crippen molar-refractivity contribution in [3.8, 4) is 5.75 Å². The van der Waals surface area contributed by atoms with Crippen LogP contribution in [0.15, 0.2) is 18.2 Å². The van der Waals surface area contributed by atoms with E-state index in [4.69, 9.17) is 9.47 Å². The molecule has 6 heteroatoms. The van der Waals surface area contributed by atoms with Gasteiger partial charge in [0.15, 0.2) is 5.75 Å². The zero-order valence-corrected chi connectivity index (χ0v) is 12.8. The van der Waals surface area contributed by atoms with E-state index in [1.165, 1.54) is 18.2 Å². The van der Waals surface area contributed by atoms with E-state index in [1.54, 1.807) is 0 Å². The van der Waals surface area contributed by atoms with Crippen molar-refractivity contribution in [3.05, 3.63) is 33.9 Å². The molecule has 6 nitrogen and oxygen atoms in total. The molecule has 1 fully saturated rings. The molecule has 1 aromatic rings. The molecule has 0 aliphatic carbocycles. The summed E-state index contributed by atoms with van der Waals surface area (Å²) in [5, 5.41) is 20.3.